The van der Waals surface area contributed by atoms with Crippen LogP contribution in [0.15, 0.2) is 47.7 Å². The van der Waals surface area contributed by atoms with Crippen molar-refractivity contribution in [2.24, 2.45) is 16.5 Å². The van der Waals surface area contributed by atoms with Crippen LogP contribution in [0.2, 0.25) is 5.02 Å². The van der Waals surface area contributed by atoms with Crippen LogP contribution < -0.4 is 20.9 Å². The maximum Gasteiger partial charge on any atom is 0.279 e. The van der Waals surface area contributed by atoms with Gasteiger partial charge in [-0.3, -0.25) is 9.59 Å². The number of nitrogens with zero attached hydrogens (tertiary/aromatic N) is 3. The summed E-state index contributed by atoms with van der Waals surface area (Å²) in [7, 11) is 0. The SMILES string of the molecule is CC(C)Oc1cc(Oc2ncc(C(=O)N3CCC3)cc2Cl)cc(C(=O)N=C(N)/C=C\N)c1. The van der Waals surface area contributed by atoms with Crippen LogP contribution in [0.25, 0.3) is 0 Å². The smallest absolute Gasteiger partial charge is 0.279 e. The van der Waals surface area contributed by atoms with Crippen molar-refractivity contribution in [1.29, 1.82) is 0 Å². The van der Waals surface area contributed by atoms with Gasteiger partial charge in [0.2, 0.25) is 5.88 Å². The molecule has 0 spiro atoms. The molecule has 2 heterocycles. The topological polar surface area (TPSA) is 133 Å². The first-order valence-electron chi connectivity index (χ1n) is 9.98. The zero-order chi connectivity index (χ0) is 23.3. The van der Waals surface area contributed by atoms with Gasteiger partial charge < -0.3 is 25.8 Å². The maximum atomic E-state index is 12.5. The van der Waals surface area contributed by atoms with Crippen molar-refractivity contribution < 1.29 is 19.1 Å². The van der Waals surface area contributed by atoms with Gasteiger partial charge in [0.1, 0.15) is 22.4 Å². The van der Waals surface area contributed by atoms with Gasteiger partial charge in [-0.15, -0.1) is 0 Å². The fourth-order valence-electron chi connectivity index (χ4n) is 2.84. The Morgan fingerprint density at radius 3 is 2.50 bits per heavy atom. The molecule has 10 heteroatoms. The molecule has 0 saturated carbocycles. The molecule has 1 aliphatic heterocycles. The maximum absolute atomic E-state index is 12.5. The number of benzene rings is 1. The number of rotatable bonds is 7. The number of pyridine rings is 1. The highest BCUT2D eigenvalue weighted by Gasteiger charge is 2.23. The van der Waals surface area contributed by atoms with E-state index >= 15 is 0 Å². The molecule has 9 nitrogen and oxygen atoms in total. The summed E-state index contributed by atoms with van der Waals surface area (Å²) in [4.78, 5) is 34.5. The number of hydrogen-bond donors (Lipinski definition) is 2. The number of amidine groups is 1. The second kappa shape index (κ2) is 10.1. The van der Waals surface area contributed by atoms with E-state index in [9.17, 15) is 9.59 Å². The van der Waals surface area contributed by atoms with E-state index in [4.69, 9.17) is 32.5 Å². The molecular weight excluding hydrogens is 434 g/mol. The third-order valence-corrected chi connectivity index (χ3v) is 4.68. The van der Waals surface area contributed by atoms with Crippen LogP contribution in [-0.4, -0.2) is 46.7 Å². The van der Waals surface area contributed by atoms with Crippen LogP contribution in [0, 0.1) is 0 Å². The molecule has 2 aromatic rings. The van der Waals surface area contributed by atoms with Gasteiger partial charge in [0.05, 0.1) is 11.7 Å². The molecule has 32 heavy (non-hydrogen) atoms. The van der Waals surface area contributed by atoms with Crippen LogP contribution in [0.3, 0.4) is 0 Å². The van der Waals surface area contributed by atoms with Crippen molar-refractivity contribution in [3.05, 3.63) is 58.9 Å². The quantitative estimate of drug-likeness (QED) is 0.481. The van der Waals surface area contributed by atoms with E-state index in [2.05, 4.69) is 9.98 Å². The van der Waals surface area contributed by atoms with Crippen molar-refractivity contribution >= 4 is 29.3 Å². The number of ether oxygens (including phenoxy) is 2. The molecule has 3 rings (SSSR count). The first-order chi connectivity index (χ1) is 15.3. The monoisotopic (exact) mass is 457 g/mol. The predicted molar refractivity (Wildman–Crippen MR) is 121 cm³/mol. The van der Waals surface area contributed by atoms with Crippen molar-refractivity contribution in [3.63, 3.8) is 0 Å². The number of aliphatic imine (C=N–C) groups is 1. The molecule has 1 aromatic carbocycles. The first-order valence-corrected chi connectivity index (χ1v) is 10.4. The number of amides is 2. The minimum Gasteiger partial charge on any atom is -0.491 e. The molecular formula is C22H24ClN5O4. The standard InChI is InChI=1S/C22H24ClN5O4/c1-13(2)31-16-8-14(20(29)27-19(25)4-5-24)9-17(11-16)32-21-18(23)10-15(12-26-21)22(30)28-6-3-7-28/h4-5,8-13H,3,6-7,24H2,1-2H3,(H2,25,27,29)/b5-4-. The highest BCUT2D eigenvalue weighted by Crippen LogP contribution is 2.32. The summed E-state index contributed by atoms with van der Waals surface area (Å²) in [6.07, 6.45) is 4.74. The summed E-state index contributed by atoms with van der Waals surface area (Å²) in [6.45, 7) is 5.15. The Morgan fingerprint density at radius 2 is 1.91 bits per heavy atom. The zero-order valence-corrected chi connectivity index (χ0v) is 18.5. The average molecular weight is 458 g/mol. The van der Waals surface area contributed by atoms with Gasteiger partial charge in [-0.05, 0) is 50.7 Å². The number of hydrogen-bond acceptors (Lipinski definition) is 6. The van der Waals surface area contributed by atoms with Crippen LogP contribution in [-0.2, 0) is 0 Å². The molecule has 1 saturated heterocycles. The third kappa shape index (κ3) is 5.76. The lowest BCUT2D eigenvalue weighted by Gasteiger charge is -2.30. The number of halogens is 1. The Bertz CT molecular complexity index is 1080. The summed E-state index contributed by atoms with van der Waals surface area (Å²) >= 11 is 6.31. The molecule has 0 unspecified atom stereocenters. The van der Waals surface area contributed by atoms with Crippen LogP contribution in [0.5, 0.6) is 17.4 Å². The normalized spacial score (nSPS) is 13.9. The largest absolute Gasteiger partial charge is 0.491 e. The summed E-state index contributed by atoms with van der Waals surface area (Å²) in [5, 5.41) is 0.162. The van der Waals surface area contributed by atoms with Crippen molar-refractivity contribution in [2.45, 2.75) is 26.4 Å². The van der Waals surface area contributed by atoms with E-state index in [-0.39, 0.29) is 40.1 Å². The van der Waals surface area contributed by atoms with E-state index in [0.29, 0.717) is 11.3 Å². The van der Waals surface area contributed by atoms with Crippen molar-refractivity contribution in [2.75, 3.05) is 13.1 Å². The molecule has 1 aliphatic rings. The Labute approximate surface area is 190 Å². The predicted octanol–water partition coefficient (Wildman–Crippen LogP) is 3.13. The van der Waals surface area contributed by atoms with Crippen molar-refractivity contribution in [1.82, 2.24) is 9.88 Å². The summed E-state index contributed by atoms with van der Waals surface area (Å²) in [5.74, 6) is -0.0348. The van der Waals surface area contributed by atoms with E-state index in [0.717, 1.165) is 19.5 Å². The number of nitrogens with two attached hydrogens (primary N) is 2. The lowest BCUT2D eigenvalue weighted by molar-refractivity contribution is 0.0651. The van der Waals surface area contributed by atoms with Gasteiger partial charge in [-0.25, -0.2) is 4.98 Å². The van der Waals surface area contributed by atoms with Crippen LogP contribution >= 0.6 is 11.6 Å². The van der Waals surface area contributed by atoms with Gasteiger partial charge in [0, 0.05) is 30.9 Å². The van der Waals surface area contributed by atoms with Gasteiger partial charge in [-0.2, -0.15) is 4.99 Å². The summed E-state index contributed by atoms with van der Waals surface area (Å²) in [5.41, 5.74) is 11.5. The lowest BCUT2D eigenvalue weighted by Crippen LogP contribution is -2.42. The van der Waals surface area contributed by atoms with Crippen molar-refractivity contribution in [3.8, 4) is 17.4 Å². The van der Waals surface area contributed by atoms with E-state index < -0.39 is 5.91 Å². The fourth-order valence-corrected chi connectivity index (χ4v) is 3.05. The fraction of sp³-hybridized carbons (Fsp3) is 0.273. The average Bonchev–Trinajstić information content (AvgIpc) is 2.67. The molecule has 1 fully saturated rings. The van der Waals surface area contributed by atoms with Crippen LogP contribution in [0.4, 0.5) is 0 Å². The number of carbonyl (C=O) groups is 2. The van der Waals surface area contributed by atoms with E-state index in [1.165, 1.54) is 36.7 Å². The number of likely N-dealkylation sites (tertiary alicyclic amines) is 1. The van der Waals surface area contributed by atoms with E-state index in [1.54, 1.807) is 11.0 Å². The van der Waals surface area contributed by atoms with Gasteiger partial charge in [0.15, 0.2) is 0 Å². The zero-order valence-electron chi connectivity index (χ0n) is 17.7. The Balaban J connectivity index is 1.88. The summed E-state index contributed by atoms with van der Waals surface area (Å²) < 4.78 is 11.5. The molecule has 4 N–H and O–H groups in total. The van der Waals surface area contributed by atoms with E-state index in [1.807, 2.05) is 13.8 Å². The second-order valence-electron chi connectivity index (χ2n) is 7.32. The molecule has 0 bridgehead atoms. The third-order valence-electron chi connectivity index (χ3n) is 4.41. The highest BCUT2D eigenvalue weighted by molar-refractivity contribution is 6.32. The minimum atomic E-state index is -0.603. The molecule has 0 radical (unpaired) electrons. The first kappa shape index (κ1) is 23.1. The lowest BCUT2D eigenvalue weighted by atomic mass is 10.1. The molecule has 1 aromatic heterocycles. The second-order valence-corrected chi connectivity index (χ2v) is 7.73. The Kier molecular flexibility index (Phi) is 7.32. The Hall–Kier alpha value is -3.59. The van der Waals surface area contributed by atoms with Gasteiger partial charge >= 0.3 is 0 Å². The van der Waals surface area contributed by atoms with Gasteiger partial charge in [-0.1, -0.05) is 11.6 Å². The minimum absolute atomic E-state index is 0.0395. The number of carbonyl (C=O) groups excluding carboxylic acids is 2. The van der Waals surface area contributed by atoms with Crippen LogP contribution in [0.1, 0.15) is 41.0 Å². The molecule has 168 valence electrons. The summed E-state index contributed by atoms with van der Waals surface area (Å²) in [6, 6.07) is 6.10. The molecule has 0 atom stereocenters. The van der Waals surface area contributed by atoms with Gasteiger partial charge in [0.25, 0.3) is 11.8 Å². The molecule has 2 amide bonds. The molecule has 0 aliphatic carbocycles. The highest BCUT2D eigenvalue weighted by atomic mass is 35.5. The Morgan fingerprint density at radius 1 is 1.19 bits per heavy atom. The number of aromatic nitrogens is 1.